The highest BCUT2D eigenvalue weighted by atomic mass is 16.5. The molecule has 0 aliphatic carbocycles. The zero-order valence-electron chi connectivity index (χ0n) is 16.5. The van der Waals surface area contributed by atoms with Gasteiger partial charge in [0.2, 0.25) is 0 Å². The second-order valence-corrected chi connectivity index (χ2v) is 8.38. The third-order valence-electron chi connectivity index (χ3n) is 5.84. The van der Waals surface area contributed by atoms with Crippen LogP contribution in [0.15, 0.2) is 0 Å². The van der Waals surface area contributed by atoms with Crippen LogP contribution in [0, 0.1) is 23.2 Å². The summed E-state index contributed by atoms with van der Waals surface area (Å²) in [6.45, 7) is 11.1. The summed E-state index contributed by atoms with van der Waals surface area (Å²) in [4.78, 5) is 14.8. The van der Waals surface area contributed by atoms with Crippen LogP contribution in [0.1, 0.15) is 79.6 Å². The average molecular weight is 337 g/mol. The topological polar surface area (TPSA) is 53.3 Å². The maximum Gasteiger partial charge on any atom is 0.310 e. The molecule has 1 aliphatic rings. The lowest BCUT2D eigenvalue weighted by molar-refractivity contribution is -0.160. The van der Waals surface area contributed by atoms with Crippen LogP contribution in [0.5, 0.6) is 0 Å². The first kappa shape index (κ1) is 21.0. The molecule has 1 heterocycles. The van der Waals surface area contributed by atoms with E-state index in [1.54, 1.807) is 0 Å². The van der Waals surface area contributed by atoms with E-state index in [1.807, 2.05) is 7.05 Å². The van der Waals surface area contributed by atoms with Gasteiger partial charge in [-0.05, 0) is 47.6 Å². The van der Waals surface area contributed by atoms with Crippen molar-refractivity contribution in [3.8, 4) is 6.07 Å². The quantitative estimate of drug-likeness (QED) is 0.482. The molecule has 1 rings (SSSR count). The van der Waals surface area contributed by atoms with Crippen molar-refractivity contribution < 1.29 is 9.53 Å². The average Bonchev–Trinajstić information content (AvgIpc) is 2.51. The Hall–Kier alpha value is -1.08. The first-order valence-electron chi connectivity index (χ1n) is 9.48. The zero-order valence-corrected chi connectivity index (χ0v) is 16.5. The van der Waals surface area contributed by atoms with E-state index in [0.717, 1.165) is 12.8 Å². The summed E-state index contributed by atoms with van der Waals surface area (Å²) in [6.07, 6.45) is 7.69. The summed E-state index contributed by atoms with van der Waals surface area (Å²) in [7, 11) is 2.04. The molecule has 1 fully saturated rings. The van der Waals surface area contributed by atoms with Gasteiger partial charge in [-0.1, -0.05) is 39.0 Å². The van der Waals surface area contributed by atoms with Crippen LogP contribution in [-0.2, 0) is 9.53 Å². The molecular weight excluding hydrogens is 300 g/mol. The molecule has 0 saturated carbocycles. The molecule has 1 saturated heterocycles. The summed E-state index contributed by atoms with van der Waals surface area (Å²) < 4.78 is 5.53. The summed E-state index contributed by atoms with van der Waals surface area (Å²) >= 11 is 0. The van der Waals surface area contributed by atoms with Gasteiger partial charge in [0.1, 0.15) is 0 Å². The number of nitriles is 1. The Labute approximate surface area is 148 Å². The van der Waals surface area contributed by atoms with Gasteiger partial charge in [-0.25, -0.2) is 0 Å². The van der Waals surface area contributed by atoms with Crippen molar-refractivity contribution in [2.45, 2.75) is 90.6 Å². The third kappa shape index (κ3) is 4.96. The van der Waals surface area contributed by atoms with Crippen LogP contribution in [0.3, 0.4) is 0 Å². The van der Waals surface area contributed by atoms with E-state index in [4.69, 9.17) is 4.74 Å². The van der Waals surface area contributed by atoms with Crippen molar-refractivity contribution in [2.75, 3.05) is 13.7 Å². The molecule has 0 aromatic carbocycles. The van der Waals surface area contributed by atoms with Crippen LogP contribution in [0.4, 0.5) is 0 Å². The van der Waals surface area contributed by atoms with Gasteiger partial charge in [0.25, 0.3) is 0 Å². The molecule has 0 aromatic rings. The molecule has 1 aliphatic heterocycles. The largest absolute Gasteiger partial charge is 0.465 e. The van der Waals surface area contributed by atoms with Crippen molar-refractivity contribution in [1.82, 2.24) is 4.90 Å². The van der Waals surface area contributed by atoms with Gasteiger partial charge in [0.15, 0.2) is 0 Å². The molecule has 24 heavy (non-hydrogen) atoms. The van der Waals surface area contributed by atoms with Gasteiger partial charge in [-0.15, -0.1) is 0 Å². The second-order valence-electron chi connectivity index (χ2n) is 8.38. The van der Waals surface area contributed by atoms with E-state index in [0.29, 0.717) is 13.0 Å². The molecule has 4 heteroatoms. The summed E-state index contributed by atoms with van der Waals surface area (Å²) in [5.41, 5.74) is -0.471. The number of unbranched alkanes of at least 4 members (excludes halogenated alkanes) is 5. The van der Waals surface area contributed by atoms with E-state index in [2.05, 4.69) is 45.6 Å². The van der Waals surface area contributed by atoms with Crippen LogP contribution in [0.25, 0.3) is 0 Å². The monoisotopic (exact) mass is 336 g/mol. The highest BCUT2D eigenvalue weighted by Gasteiger charge is 2.53. The molecule has 0 spiro atoms. The molecular formula is C20H36N2O2. The fourth-order valence-electron chi connectivity index (χ4n) is 3.90. The SMILES string of the molecule is CCCCCCCCOC(=O)C1CC(C)(C)N(C)C(C)(C)C1C#N. The third-order valence-corrected chi connectivity index (χ3v) is 5.84. The number of hydrogen-bond donors (Lipinski definition) is 0. The minimum atomic E-state index is -0.347. The fraction of sp³-hybridized carbons (Fsp3) is 0.900. The first-order valence-corrected chi connectivity index (χ1v) is 9.48. The Bertz CT molecular complexity index is 451. The Morgan fingerprint density at radius 2 is 1.75 bits per heavy atom. The smallest absolute Gasteiger partial charge is 0.310 e. The standard InChI is InChI=1S/C20H36N2O2/c1-7-8-9-10-11-12-13-24-18(23)16-14-19(2,3)22(6)20(4,5)17(16)15-21/h16-17H,7-14H2,1-6H3. The highest BCUT2D eigenvalue weighted by Crippen LogP contribution is 2.44. The van der Waals surface area contributed by atoms with E-state index in [-0.39, 0.29) is 28.9 Å². The number of rotatable bonds is 8. The number of likely N-dealkylation sites (tertiary alicyclic amines) is 1. The summed E-state index contributed by atoms with van der Waals surface area (Å²) in [5, 5.41) is 9.64. The molecule has 0 radical (unpaired) electrons. The predicted octanol–water partition coefficient (Wildman–Crippen LogP) is 4.54. The molecule has 2 atom stereocenters. The zero-order chi connectivity index (χ0) is 18.4. The second kappa shape index (κ2) is 8.85. The molecule has 0 bridgehead atoms. The van der Waals surface area contributed by atoms with Crippen molar-refractivity contribution in [3.05, 3.63) is 0 Å². The number of ether oxygens (including phenoxy) is 1. The lowest BCUT2D eigenvalue weighted by Crippen LogP contribution is -2.64. The number of piperidine rings is 1. The van der Waals surface area contributed by atoms with Gasteiger partial charge >= 0.3 is 5.97 Å². The molecule has 138 valence electrons. The lowest BCUT2D eigenvalue weighted by atomic mass is 9.67. The Balaban J connectivity index is 2.57. The minimum Gasteiger partial charge on any atom is -0.465 e. The number of carbonyl (C=O) groups is 1. The highest BCUT2D eigenvalue weighted by molar-refractivity contribution is 5.74. The molecule has 0 aromatic heterocycles. The van der Waals surface area contributed by atoms with Crippen molar-refractivity contribution >= 4 is 5.97 Å². The van der Waals surface area contributed by atoms with E-state index in [1.165, 1.54) is 25.7 Å². The van der Waals surface area contributed by atoms with Gasteiger partial charge in [0, 0.05) is 11.1 Å². The lowest BCUT2D eigenvalue weighted by Gasteiger charge is -2.55. The maximum atomic E-state index is 12.6. The van der Waals surface area contributed by atoms with Crippen molar-refractivity contribution in [3.63, 3.8) is 0 Å². The first-order chi connectivity index (χ1) is 11.2. The molecule has 4 nitrogen and oxygen atoms in total. The van der Waals surface area contributed by atoms with Crippen molar-refractivity contribution in [2.24, 2.45) is 11.8 Å². The van der Waals surface area contributed by atoms with Gasteiger partial charge in [0.05, 0.1) is 24.5 Å². The summed E-state index contributed by atoms with van der Waals surface area (Å²) in [6, 6.07) is 2.38. The van der Waals surface area contributed by atoms with Crippen molar-refractivity contribution in [1.29, 1.82) is 5.26 Å². The number of hydrogen-bond acceptors (Lipinski definition) is 4. The molecule has 0 amide bonds. The van der Waals surface area contributed by atoms with Crippen LogP contribution >= 0.6 is 0 Å². The predicted molar refractivity (Wildman–Crippen MR) is 97.5 cm³/mol. The van der Waals surface area contributed by atoms with Crippen LogP contribution in [-0.4, -0.2) is 35.6 Å². The Kier molecular flexibility index (Phi) is 7.73. The van der Waals surface area contributed by atoms with Crippen LogP contribution < -0.4 is 0 Å². The van der Waals surface area contributed by atoms with E-state index < -0.39 is 0 Å². The Morgan fingerprint density at radius 1 is 1.17 bits per heavy atom. The van der Waals surface area contributed by atoms with Crippen LogP contribution in [0.2, 0.25) is 0 Å². The number of carbonyl (C=O) groups excluding carboxylic acids is 1. The molecule has 0 N–H and O–H groups in total. The number of nitrogens with zero attached hydrogens (tertiary/aromatic N) is 2. The molecule has 2 unspecified atom stereocenters. The number of esters is 1. The van der Waals surface area contributed by atoms with Gasteiger partial charge in [-0.2, -0.15) is 5.26 Å². The van der Waals surface area contributed by atoms with Gasteiger partial charge in [-0.3, -0.25) is 9.69 Å². The van der Waals surface area contributed by atoms with Gasteiger partial charge < -0.3 is 4.74 Å². The van der Waals surface area contributed by atoms with E-state index >= 15 is 0 Å². The van der Waals surface area contributed by atoms with E-state index in [9.17, 15) is 10.1 Å². The summed E-state index contributed by atoms with van der Waals surface area (Å²) in [5.74, 6) is -0.867. The fourth-order valence-corrected chi connectivity index (χ4v) is 3.90. The minimum absolute atomic E-state index is 0.124. The maximum absolute atomic E-state index is 12.6. The Morgan fingerprint density at radius 3 is 2.33 bits per heavy atom. The normalized spacial score (nSPS) is 25.9.